The van der Waals surface area contributed by atoms with Crippen molar-refractivity contribution in [2.45, 2.75) is 148 Å². The van der Waals surface area contributed by atoms with E-state index in [0.717, 1.165) is 20.9 Å². The smallest absolute Gasteiger partial charge is 0.409 e. The Hall–Kier alpha value is -6.04. The van der Waals surface area contributed by atoms with Crippen molar-refractivity contribution in [2.75, 3.05) is 50.7 Å². The van der Waals surface area contributed by atoms with E-state index in [9.17, 15) is 51.9 Å². The van der Waals surface area contributed by atoms with Crippen LogP contribution >= 0.6 is 11.6 Å². The summed E-state index contributed by atoms with van der Waals surface area (Å²) in [6, 6.07) is 0.00202. The van der Waals surface area contributed by atoms with Gasteiger partial charge in [-0.25, -0.2) is 22.8 Å². The van der Waals surface area contributed by atoms with Crippen LogP contribution in [0.2, 0.25) is 5.02 Å². The average Bonchev–Trinajstić information content (AvgIpc) is 4.11. The molecule has 0 aromatic heterocycles. The number of nitrogens with zero attached hydrogens (tertiary/aromatic N) is 3. The largest absolute Gasteiger partial charge is 0.495 e. The van der Waals surface area contributed by atoms with Gasteiger partial charge in [-0.05, 0) is 76.5 Å². The summed E-state index contributed by atoms with van der Waals surface area (Å²) in [4.78, 5) is 109. The molecule has 4 bridgehead atoms. The van der Waals surface area contributed by atoms with Gasteiger partial charge in [-0.2, -0.15) is 0 Å². The summed E-state index contributed by atoms with van der Waals surface area (Å²) in [6.45, 7) is 12.1. The van der Waals surface area contributed by atoms with Crippen molar-refractivity contribution in [1.82, 2.24) is 25.8 Å². The molecular weight excluding hydrogens is 1050 g/mol. The first-order valence-corrected chi connectivity index (χ1v) is 28.6. The maximum atomic E-state index is 14.5. The molecular formula is C54H78ClN7O15S. The third-order valence-corrected chi connectivity index (χ3v) is 17.4. The van der Waals surface area contributed by atoms with Crippen molar-refractivity contribution in [3.63, 3.8) is 0 Å². The second kappa shape index (κ2) is 26.7. The number of urea groups is 1. The summed E-state index contributed by atoms with van der Waals surface area (Å²) in [5.74, 6) is -6.96. The number of amides is 8. The van der Waals surface area contributed by atoms with Gasteiger partial charge in [0.2, 0.25) is 17.7 Å². The number of hydrogen-bond donors (Lipinski definition) is 5. The third-order valence-electron chi connectivity index (χ3n) is 15.3. The van der Waals surface area contributed by atoms with Gasteiger partial charge in [0.15, 0.2) is 9.84 Å². The van der Waals surface area contributed by atoms with Gasteiger partial charge in [0, 0.05) is 57.6 Å². The molecule has 10 atom stereocenters. The van der Waals surface area contributed by atoms with E-state index < -0.39 is 123 Å². The normalized spacial score (nSPS) is 26.8. The van der Waals surface area contributed by atoms with Crippen LogP contribution in [0.3, 0.4) is 0 Å². The molecule has 78 heavy (non-hydrogen) atoms. The molecule has 24 heteroatoms. The van der Waals surface area contributed by atoms with E-state index in [1.165, 1.54) is 45.2 Å². The number of carbonyl (C=O) groups is 8. The van der Waals surface area contributed by atoms with Crippen LogP contribution in [0.4, 0.5) is 15.3 Å². The Bertz CT molecular complexity index is 2630. The van der Waals surface area contributed by atoms with Crippen LogP contribution in [0.5, 0.6) is 5.75 Å². The Morgan fingerprint density at radius 3 is 2.35 bits per heavy atom. The van der Waals surface area contributed by atoms with Crippen molar-refractivity contribution in [3.8, 4) is 5.75 Å². The Kier molecular flexibility index (Phi) is 21.5. The molecule has 1 aromatic rings. The zero-order valence-electron chi connectivity index (χ0n) is 46.3. The van der Waals surface area contributed by atoms with Crippen molar-refractivity contribution >= 4 is 74.8 Å². The molecule has 2 saturated heterocycles. The van der Waals surface area contributed by atoms with E-state index in [4.69, 9.17) is 36.3 Å². The monoisotopic (exact) mass is 1130 g/mol. The van der Waals surface area contributed by atoms with E-state index in [1.54, 1.807) is 58.9 Å². The number of allylic oxidation sites excluding steroid dienone is 3. The van der Waals surface area contributed by atoms with Crippen molar-refractivity contribution in [1.29, 1.82) is 0 Å². The van der Waals surface area contributed by atoms with Gasteiger partial charge in [0.1, 0.15) is 46.4 Å². The van der Waals surface area contributed by atoms with Gasteiger partial charge in [0.25, 0.3) is 11.8 Å². The Morgan fingerprint density at radius 2 is 1.71 bits per heavy atom. The standard InChI is InChI=1S/C54H78ClN7O15S/c1-31(2)37(30-78(72,73)24-14-12-11-13-23-62-43(63)20-21-44(62)64)48(66)58-38(19-16-22-57-51(56)69)49(67)60(8)35(6)50(68)76-42-28-45(65)61(9)39-26-36(27-40(74-10)46(39)55)25-32(3)17-15-18-33(4)54(71)29-41(75-52(70)59-54)34(5)47-53(42,7)77-47/h15,17-18,20-21,26-27,31,33-35,37-38,41-42,47,71H,11-14,16,19,22-25,28-30H2,1-10H3,(H,58,66)(H,59,70)(H3,56,57,69)/b18-15+,32-17+/t33?,34?,35-,37-,38-,41?,42?,47?,53?,54?/m0/s1. The van der Waals surface area contributed by atoms with Gasteiger partial charge in [-0.1, -0.05) is 75.9 Å². The van der Waals surface area contributed by atoms with Gasteiger partial charge in [0.05, 0.1) is 42.7 Å². The molecule has 1 aromatic carbocycles. The number of ether oxygens (including phenoxy) is 4. The highest BCUT2D eigenvalue weighted by Gasteiger charge is 2.64. The Balaban J connectivity index is 1.36. The SMILES string of the molecule is COc1cc2cc(c1Cl)N(C)C(=O)CC(OC(=O)[C@H](C)N(C)C(=O)[C@H](CCCNC(N)=O)NC(=O)[C@@H](CS(=O)(=O)CCCCCCN1C(=O)C=CC1=O)C(C)C)C1(C)OC1C(C)C1CC(O)(NC(=O)O1)C(C)/C=C/C=C(\C)C2. The minimum absolute atomic E-state index is 0.0209. The summed E-state index contributed by atoms with van der Waals surface area (Å²) in [7, 11) is 0.488. The van der Waals surface area contributed by atoms with Crippen molar-refractivity contribution in [3.05, 3.63) is 58.7 Å². The average molecular weight is 1130 g/mol. The van der Waals surface area contributed by atoms with Crippen LogP contribution in [0, 0.1) is 23.7 Å². The topological polar surface area (TPSA) is 303 Å². The summed E-state index contributed by atoms with van der Waals surface area (Å²) >= 11 is 6.84. The molecule has 0 saturated carbocycles. The number of rotatable bonds is 21. The molecule has 5 rings (SSSR count). The number of likely N-dealkylation sites (N-methyl/N-ethyl adjacent to an activating group) is 1. The quantitative estimate of drug-likeness (QED) is 0.0498. The number of primary amides is 1. The van der Waals surface area contributed by atoms with E-state index >= 15 is 0 Å². The lowest BCUT2D eigenvalue weighted by molar-refractivity contribution is -0.162. The molecule has 0 radical (unpaired) electrons. The number of nitrogens with two attached hydrogens (primary N) is 1. The van der Waals surface area contributed by atoms with E-state index in [-0.39, 0.29) is 61.4 Å². The van der Waals surface area contributed by atoms with Crippen LogP contribution < -0.4 is 31.3 Å². The summed E-state index contributed by atoms with van der Waals surface area (Å²) in [5, 5.41) is 19.7. The number of epoxide rings is 1. The Labute approximate surface area is 462 Å². The van der Waals surface area contributed by atoms with Gasteiger partial charge >= 0.3 is 18.1 Å². The number of sulfone groups is 1. The molecule has 22 nitrogen and oxygen atoms in total. The highest BCUT2D eigenvalue weighted by molar-refractivity contribution is 7.91. The van der Waals surface area contributed by atoms with Crippen LogP contribution in [-0.2, 0) is 59.2 Å². The molecule has 2 fully saturated rings. The number of halogens is 1. The number of methoxy groups -OCH3 is 1. The maximum absolute atomic E-state index is 14.5. The first kappa shape index (κ1) is 62.8. The van der Waals surface area contributed by atoms with E-state index in [2.05, 4.69) is 16.0 Å². The van der Waals surface area contributed by atoms with Crippen LogP contribution in [0.1, 0.15) is 105 Å². The number of alkyl carbamates (subject to hydrolysis) is 1. The molecule has 4 aliphatic rings. The lowest BCUT2D eigenvalue weighted by atomic mass is 9.82. The van der Waals surface area contributed by atoms with Gasteiger partial charge < -0.3 is 50.2 Å². The second-order valence-corrected chi connectivity index (χ2v) is 24.1. The summed E-state index contributed by atoms with van der Waals surface area (Å²) < 4.78 is 50.8. The van der Waals surface area contributed by atoms with Gasteiger partial charge in [-0.3, -0.25) is 34.2 Å². The number of imide groups is 1. The summed E-state index contributed by atoms with van der Waals surface area (Å²) in [6.07, 6.45) is 5.82. The van der Waals surface area contributed by atoms with E-state index in [1.807, 2.05) is 13.0 Å². The Morgan fingerprint density at radius 1 is 1.04 bits per heavy atom. The fourth-order valence-corrected chi connectivity index (χ4v) is 12.1. The number of benzene rings is 1. The first-order chi connectivity index (χ1) is 36.5. The number of unbranched alkanes of at least 4 members (excludes halogenated alkanes) is 3. The second-order valence-electron chi connectivity index (χ2n) is 21.5. The number of hydrogen-bond acceptors (Lipinski definition) is 15. The lowest BCUT2D eigenvalue weighted by Crippen LogP contribution is -2.60. The third kappa shape index (κ3) is 16.1. The van der Waals surface area contributed by atoms with E-state index in [0.29, 0.717) is 37.1 Å². The van der Waals surface area contributed by atoms with Crippen molar-refractivity contribution in [2.24, 2.45) is 29.4 Å². The molecule has 6 N–H and O–H groups in total. The number of esters is 1. The minimum Gasteiger partial charge on any atom is -0.495 e. The number of fused-ring (bicyclic) bond motifs is 5. The number of carbonyl (C=O) groups excluding carboxylic acids is 8. The van der Waals surface area contributed by atoms with Gasteiger partial charge in [-0.15, -0.1) is 0 Å². The van der Waals surface area contributed by atoms with Crippen LogP contribution in [0.25, 0.3) is 0 Å². The number of aliphatic hydroxyl groups is 1. The lowest BCUT2D eigenvalue weighted by Gasteiger charge is -2.41. The molecule has 0 spiro atoms. The molecule has 0 aliphatic carbocycles. The molecule has 4 heterocycles. The van der Waals surface area contributed by atoms with Crippen LogP contribution in [0.15, 0.2) is 48.1 Å². The predicted octanol–water partition coefficient (Wildman–Crippen LogP) is 4.24. The highest BCUT2D eigenvalue weighted by Crippen LogP contribution is 2.49. The fraction of sp³-hybridized carbons (Fsp3) is 0.630. The minimum atomic E-state index is -3.80. The number of nitrogens with one attached hydrogen (secondary N) is 3. The molecule has 432 valence electrons. The highest BCUT2D eigenvalue weighted by atomic mass is 35.5. The molecule has 7 unspecified atom stereocenters. The first-order valence-electron chi connectivity index (χ1n) is 26.4. The number of anilines is 1. The molecule has 8 amide bonds. The predicted molar refractivity (Wildman–Crippen MR) is 289 cm³/mol. The zero-order valence-corrected chi connectivity index (χ0v) is 47.9. The van der Waals surface area contributed by atoms with Crippen LogP contribution in [-0.4, -0.2) is 158 Å². The summed E-state index contributed by atoms with van der Waals surface area (Å²) in [5.41, 5.74) is 4.14. The maximum Gasteiger partial charge on any atom is 0.409 e. The van der Waals surface area contributed by atoms with Crippen molar-refractivity contribution < 1.29 is 70.8 Å². The molecule has 4 aliphatic heterocycles. The zero-order chi connectivity index (χ0) is 58.0. The fourth-order valence-electron chi connectivity index (χ4n) is 9.92.